The monoisotopic (exact) mass is 296 g/mol. The van der Waals surface area contributed by atoms with Crippen LogP contribution in [0.3, 0.4) is 0 Å². The molecule has 1 fully saturated rings. The summed E-state index contributed by atoms with van der Waals surface area (Å²) in [6, 6.07) is 7.37. The van der Waals surface area contributed by atoms with Crippen LogP contribution in [0.2, 0.25) is 5.02 Å². The maximum atomic E-state index is 12.0. The third-order valence-electron chi connectivity index (χ3n) is 3.81. The highest BCUT2D eigenvalue weighted by molar-refractivity contribution is 6.31. The van der Waals surface area contributed by atoms with Gasteiger partial charge in [-0.05, 0) is 25.0 Å². The van der Waals surface area contributed by atoms with E-state index in [1.54, 1.807) is 0 Å². The van der Waals surface area contributed by atoms with Crippen molar-refractivity contribution in [3.63, 3.8) is 0 Å². The van der Waals surface area contributed by atoms with Gasteiger partial charge in [-0.1, -0.05) is 36.7 Å². The third kappa shape index (κ3) is 3.51. The Morgan fingerprint density at radius 3 is 2.75 bits per heavy atom. The first-order chi connectivity index (χ1) is 9.43. The Labute approximate surface area is 124 Å². The Morgan fingerprint density at radius 2 is 2.15 bits per heavy atom. The van der Waals surface area contributed by atoms with E-state index in [4.69, 9.17) is 11.6 Å². The molecule has 0 bridgehead atoms. The topological polar surface area (TPSA) is 52.6 Å². The fourth-order valence-corrected chi connectivity index (χ4v) is 2.82. The zero-order valence-electron chi connectivity index (χ0n) is 11.9. The molecule has 2 N–H and O–H groups in total. The second-order valence-corrected chi connectivity index (χ2v) is 5.94. The highest BCUT2D eigenvalue weighted by Gasteiger charge is 2.39. The molecular weight excluding hydrogens is 276 g/mol. The van der Waals surface area contributed by atoms with Crippen LogP contribution < -0.4 is 5.32 Å². The number of β-amino-alcohol motifs (C(OH)–C–C–N with tert-alkyl or cyclic N) is 1. The van der Waals surface area contributed by atoms with E-state index in [0.717, 1.165) is 12.0 Å². The maximum absolute atomic E-state index is 12.0. The summed E-state index contributed by atoms with van der Waals surface area (Å²) >= 11 is 6.11. The fraction of sp³-hybridized carbons (Fsp3) is 0.533. The largest absolute Gasteiger partial charge is 0.387 e. The van der Waals surface area contributed by atoms with Crippen LogP contribution in [0.1, 0.15) is 31.9 Å². The van der Waals surface area contributed by atoms with Crippen LogP contribution in [0.25, 0.3) is 0 Å². The summed E-state index contributed by atoms with van der Waals surface area (Å²) in [5.41, 5.74) is 0.311. The number of nitrogens with zero attached hydrogens (tertiary/aromatic N) is 1. The van der Waals surface area contributed by atoms with E-state index in [1.165, 1.54) is 0 Å². The molecule has 110 valence electrons. The van der Waals surface area contributed by atoms with Crippen LogP contribution in [0.5, 0.6) is 0 Å². The number of benzene rings is 1. The number of carbonyl (C=O) groups is 1. The Kier molecular flexibility index (Phi) is 4.68. The minimum absolute atomic E-state index is 0.0458. The number of nitrogens with one attached hydrogen (secondary N) is 1. The molecule has 1 amide bonds. The highest BCUT2D eigenvalue weighted by atomic mass is 35.5. The fourth-order valence-electron chi connectivity index (χ4n) is 2.52. The van der Waals surface area contributed by atoms with E-state index in [1.807, 2.05) is 43.0 Å². The van der Waals surface area contributed by atoms with E-state index in [9.17, 15) is 9.90 Å². The molecular formula is C15H21ClN2O2. The van der Waals surface area contributed by atoms with Gasteiger partial charge in [0.2, 0.25) is 5.91 Å². The quantitative estimate of drug-likeness (QED) is 0.873. The van der Waals surface area contributed by atoms with Crippen molar-refractivity contribution in [2.45, 2.75) is 31.9 Å². The molecule has 1 aliphatic heterocycles. The van der Waals surface area contributed by atoms with Gasteiger partial charge >= 0.3 is 0 Å². The summed E-state index contributed by atoms with van der Waals surface area (Å²) in [7, 11) is 0. The lowest BCUT2D eigenvalue weighted by Gasteiger charge is -2.45. The van der Waals surface area contributed by atoms with Crippen LogP contribution in [0, 0.1) is 0 Å². The minimum Gasteiger partial charge on any atom is -0.387 e. The first kappa shape index (κ1) is 15.3. The van der Waals surface area contributed by atoms with Crippen molar-refractivity contribution < 1.29 is 9.90 Å². The minimum atomic E-state index is -0.603. The van der Waals surface area contributed by atoms with Gasteiger partial charge in [0.05, 0.1) is 18.2 Å². The molecule has 0 saturated carbocycles. The van der Waals surface area contributed by atoms with Gasteiger partial charge in [-0.3, -0.25) is 9.69 Å². The summed E-state index contributed by atoms with van der Waals surface area (Å²) in [6.07, 6.45) is 0.723. The van der Waals surface area contributed by atoms with Crippen molar-refractivity contribution in [3.8, 4) is 0 Å². The molecule has 1 aromatic rings. The standard InChI is InChI=1S/C15H21ClN2O2/c1-3-15(20)9-18(10-15)8-14(19)17-11(2)12-6-4-5-7-13(12)16/h4-7,11,20H,3,8-10H2,1-2H3,(H,17,19). The van der Waals surface area contributed by atoms with Gasteiger partial charge in [0.15, 0.2) is 0 Å². The van der Waals surface area contributed by atoms with E-state index >= 15 is 0 Å². The van der Waals surface area contributed by atoms with Gasteiger partial charge in [0.25, 0.3) is 0 Å². The molecule has 0 radical (unpaired) electrons. The molecule has 1 atom stereocenters. The zero-order chi connectivity index (χ0) is 14.8. The number of amides is 1. The highest BCUT2D eigenvalue weighted by Crippen LogP contribution is 2.24. The van der Waals surface area contributed by atoms with Gasteiger partial charge in [-0.25, -0.2) is 0 Å². The van der Waals surface area contributed by atoms with E-state index < -0.39 is 5.60 Å². The molecule has 1 aliphatic rings. The van der Waals surface area contributed by atoms with Gasteiger partial charge in [0.1, 0.15) is 0 Å². The Balaban J connectivity index is 1.82. The molecule has 1 unspecified atom stereocenters. The molecule has 0 aliphatic carbocycles. The molecule has 1 aromatic carbocycles. The van der Waals surface area contributed by atoms with Gasteiger partial charge in [-0.2, -0.15) is 0 Å². The third-order valence-corrected chi connectivity index (χ3v) is 4.15. The average Bonchev–Trinajstić information content (AvgIpc) is 2.37. The SMILES string of the molecule is CCC1(O)CN(CC(=O)NC(C)c2ccccc2Cl)C1. The maximum Gasteiger partial charge on any atom is 0.234 e. The molecule has 2 rings (SSSR count). The van der Waals surface area contributed by atoms with E-state index in [2.05, 4.69) is 5.32 Å². The normalized spacial score (nSPS) is 19.2. The molecule has 4 nitrogen and oxygen atoms in total. The second kappa shape index (κ2) is 6.12. The van der Waals surface area contributed by atoms with Crippen LogP contribution in [-0.2, 0) is 4.79 Å². The van der Waals surface area contributed by atoms with Crippen molar-refractivity contribution >= 4 is 17.5 Å². The summed E-state index contributed by atoms with van der Waals surface area (Å²) in [6.45, 7) is 5.32. The van der Waals surface area contributed by atoms with Crippen LogP contribution in [-0.4, -0.2) is 41.1 Å². The van der Waals surface area contributed by atoms with Crippen molar-refractivity contribution in [2.24, 2.45) is 0 Å². The van der Waals surface area contributed by atoms with Crippen LogP contribution in [0.4, 0.5) is 0 Å². The predicted molar refractivity (Wildman–Crippen MR) is 79.7 cm³/mol. The van der Waals surface area contributed by atoms with E-state index in [0.29, 0.717) is 24.7 Å². The molecule has 0 spiro atoms. The summed E-state index contributed by atoms with van der Waals surface area (Å²) in [4.78, 5) is 13.9. The van der Waals surface area contributed by atoms with Crippen molar-refractivity contribution in [2.75, 3.05) is 19.6 Å². The molecule has 1 saturated heterocycles. The van der Waals surface area contributed by atoms with Crippen LogP contribution in [0.15, 0.2) is 24.3 Å². The van der Waals surface area contributed by atoms with Crippen molar-refractivity contribution in [1.82, 2.24) is 10.2 Å². The number of rotatable bonds is 5. The van der Waals surface area contributed by atoms with Gasteiger partial charge in [0, 0.05) is 18.1 Å². The van der Waals surface area contributed by atoms with Crippen molar-refractivity contribution in [3.05, 3.63) is 34.9 Å². The van der Waals surface area contributed by atoms with E-state index in [-0.39, 0.29) is 11.9 Å². The number of carbonyl (C=O) groups excluding carboxylic acids is 1. The zero-order valence-corrected chi connectivity index (χ0v) is 12.7. The first-order valence-corrected chi connectivity index (χ1v) is 7.30. The van der Waals surface area contributed by atoms with Gasteiger partial charge < -0.3 is 10.4 Å². The summed E-state index contributed by atoms with van der Waals surface area (Å²) in [5.74, 6) is -0.0458. The lowest BCUT2D eigenvalue weighted by Crippen LogP contribution is -2.63. The lowest BCUT2D eigenvalue weighted by atomic mass is 9.91. The number of likely N-dealkylation sites (tertiary alicyclic amines) is 1. The van der Waals surface area contributed by atoms with Gasteiger partial charge in [-0.15, -0.1) is 0 Å². The Bertz CT molecular complexity index is 487. The molecule has 20 heavy (non-hydrogen) atoms. The predicted octanol–water partition coefficient (Wildman–Crippen LogP) is 1.97. The number of halogens is 1. The Morgan fingerprint density at radius 1 is 1.50 bits per heavy atom. The number of hydrogen-bond acceptors (Lipinski definition) is 3. The molecule has 5 heteroatoms. The average molecular weight is 297 g/mol. The number of aliphatic hydroxyl groups is 1. The summed E-state index contributed by atoms with van der Waals surface area (Å²) < 4.78 is 0. The first-order valence-electron chi connectivity index (χ1n) is 6.92. The number of hydrogen-bond donors (Lipinski definition) is 2. The summed E-state index contributed by atoms with van der Waals surface area (Å²) in [5, 5.41) is 13.5. The molecule has 0 aromatic heterocycles. The Hall–Kier alpha value is -1.10. The lowest BCUT2D eigenvalue weighted by molar-refractivity contribution is -0.133. The van der Waals surface area contributed by atoms with Crippen LogP contribution >= 0.6 is 11.6 Å². The second-order valence-electron chi connectivity index (χ2n) is 5.53. The smallest absolute Gasteiger partial charge is 0.234 e. The molecule has 1 heterocycles. The van der Waals surface area contributed by atoms with Crippen molar-refractivity contribution in [1.29, 1.82) is 0 Å².